The summed E-state index contributed by atoms with van der Waals surface area (Å²) in [4.78, 5) is 54.8. The summed E-state index contributed by atoms with van der Waals surface area (Å²) in [7, 11) is 0. The van der Waals surface area contributed by atoms with Gasteiger partial charge in [-0.3, -0.25) is 19.2 Å². The maximum atomic E-state index is 14.4. The number of carbonyl (C=O) groups is 4. The molecule has 3 amide bonds. The van der Waals surface area contributed by atoms with E-state index in [9.17, 15) is 19.2 Å². The number of ketones is 1. The first kappa shape index (κ1) is 30.1. The Labute approximate surface area is 228 Å². The van der Waals surface area contributed by atoms with E-state index in [0.29, 0.717) is 25.4 Å². The van der Waals surface area contributed by atoms with Crippen LogP contribution in [0.3, 0.4) is 0 Å². The summed E-state index contributed by atoms with van der Waals surface area (Å²) in [6.45, 7) is 13.1. The van der Waals surface area contributed by atoms with Crippen LogP contribution in [0, 0.1) is 28.6 Å². The van der Waals surface area contributed by atoms with Crippen molar-refractivity contribution in [2.24, 2.45) is 34.3 Å². The van der Waals surface area contributed by atoms with Crippen LogP contribution < -0.4 is 16.4 Å². The standard InChI is InChI=1S/C30H48N4O4/c1-6-16-32-27(37)25(35)22(18-20-12-13-20)33-26(36)23-11-10-17-34(23)28(38)24(21(19-31)29(2,3)4)30(5)14-8-7-9-15-30/h6,10-11,20-24H,1,7-9,12-19,31H2,2-5H3,(H,32,37)(H,33,36)/t21-,22?,23-,24?/m0/s1. The molecule has 0 spiro atoms. The lowest BCUT2D eigenvalue weighted by Gasteiger charge is -2.48. The number of nitrogens with two attached hydrogens (primary N) is 1. The largest absolute Gasteiger partial charge is 0.346 e. The minimum Gasteiger partial charge on any atom is -0.346 e. The summed E-state index contributed by atoms with van der Waals surface area (Å²) in [5, 5.41) is 5.34. The van der Waals surface area contributed by atoms with Crippen LogP contribution in [0.4, 0.5) is 0 Å². The summed E-state index contributed by atoms with van der Waals surface area (Å²) in [5.41, 5.74) is 5.95. The van der Waals surface area contributed by atoms with Crippen LogP contribution in [0.2, 0.25) is 0 Å². The number of carbonyl (C=O) groups excluding carboxylic acids is 4. The van der Waals surface area contributed by atoms with Gasteiger partial charge in [-0.1, -0.05) is 78.0 Å². The highest BCUT2D eigenvalue weighted by Crippen LogP contribution is 2.50. The minimum atomic E-state index is -0.913. The molecule has 3 aliphatic rings. The van der Waals surface area contributed by atoms with Gasteiger partial charge < -0.3 is 21.3 Å². The van der Waals surface area contributed by atoms with Crippen LogP contribution in [0.25, 0.3) is 0 Å². The molecule has 212 valence electrons. The van der Waals surface area contributed by atoms with Gasteiger partial charge in [-0.05, 0) is 48.5 Å². The van der Waals surface area contributed by atoms with Crippen molar-refractivity contribution in [3.05, 3.63) is 24.8 Å². The van der Waals surface area contributed by atoms with Crippen molar-refractivity contribution in [2.75, 3.05) is 19.6 Å². The second kappa shape index (κ2) is 12.6. The maximum Gasteiger partial charge on any atom is 0.289 e. The Morgan fingerprint density at radius 2 is 1.82 bits per heavy atom. The predicted octanol–water partition coefficient (Wildman–Crippen LogP) is 3.12. The van der Waals surface area contributed by atoms with Crippen molar-refractivity contribution in [3.8, 4) is 0 Å². The van der Waals surface area contributed by atoms with E-state index in [1.54, 1.807) is 11.0 Å². The molecule has 1 heterocycles. The summed E-state index contributed by atoms with van der Waals surface area (Å²) in [5.74, 6) is -1.88. The topological polar surface area (TPSA) is 122 Å². The van der Waals surface area contributed by atoms with Gasteiger partial charge in [-0.15, -0.1) is 6.58 Å². The Balaban J connectivity index is 1.82. The van der Waals surface area contributed by atoms with E-state index in [1.807, 2.05) is 6.08 Å². The Bertz CT molecular complexity index is 927. The average molecular weight is 529 g/mol. The number of amides is 3. The number of Topliss-reactive ketones (excluding diaryl/α,β-unsaturated/α-hetero) is 1. The molecule has 2 unspecified atom stereocenters. The molecule has 0 bridgehead atoms. The van der Waals surface area contributed by atoms with Gasteiger partial charge in [0.25, 0.3) is 5.91 Å². The van der Waals surface area contributed by atoms with Crippen LogP contribution in [-0.4, -0.2) is 60.1 Å². The first-order valence-corrected chi connectivity index (χ1v) is 14.3. The molecule has 4 atom stereocenters. The number of rotatable bonds is 12. The fourth-order valence-corrected chi connectivity index (χ4v) is 6.36. The third-order valence-electron chi connectivity index (χ3n) is 8.82. The highest BCUT2D eigenvalue weighted by atomic mass is 16.2. The molecule has 2 aliphatic carbocycles. The van der Waals surface area contributed by atoms with E-state index in [-0.39, 0.29) is 35.1 Å². The molecular formula is C30H48N4O4. The second-order valence-corrected chi connectivity index (χ2v) is 12.9. The zero-order chi connectivity index (χ0) is 28.1. The minimum absolute atomic E-state index is 0.0415. The summed E-state index contributed by atoms with van der Waals surface area (Å²) < 4.78 is 0. The highest BCUT2D eigenvalue weighted by molar-refractivity contribution is 6.38. The highest BCUT2D eigenvalue weighted by Gasteiger charge is 2.50. The Kier molecular flexibility index (Phi) is 9.96. The van der Waals surface area contributed by atoms with Crippen molar-refractivity contribution in [1.82, 2.24) is 15.5 Å². The van der Waals surface area contributed by atoms with E-state index >= 15 is 0 Å². The summed E-state index contributed by atoms with van der Waals surface area (Å²) in [6.07, 6.45) is 12.7. The van der Waals surface area contributed by atoms with Crippen LogP contribution in [0.15, 0.2) is 24.8 Å². The van der Waals surface area contributed by atoms with Gasteiger partial charge >= 0.3 is 0 Å². The van der Waals surface area contributed by atoms with E-state index in [0.717, 1.165) is 38.5 Å². The number of hydrogen-bond donors (Lipinski definition) is 3. The van der Waals surface area contributed by atoms with Crippen LogP contribution >= 0.6 is 0 Å². The van der Waals surface area contributed by atoms with Crippen LogP contribution in [-0.2, 0) is 19.2 Å². The number of hydrogen-bond acceptors (Lipinski definition) is 5. The van der Waals surface area contributed by atoms with Gasteiger partial charge in [-0.2, -0.15) is 0 Å². The van der Waals surface area contributed by atoms with Gasteiger partial charge in [0.15, 0.2) is 0 Å². The predicted molar refractivity (Wildman–Crippen MR) is 149 cm³/mol. The Hall–Kier alpha value is -2.48. The zero-order valence-corrected chi connectivity index (χ0v) is 23.8. The summed E-state index contributed by atoms with van der Waals surface area (Å²) >= 11 is 0. The van der Waals surface area contributed by atoms with E-state index in [2.05, 4.69) is 44.9 Å². The lowest BCUT2D eigenvalue weighted by atomic mass is 9.58. The number of nitrogens with one attached hydrogen (secondary N) is 2. The second-order valence-electron chi connectivity index (χ2n) is 12.9. The zero-order valence-electron chi connectivity index (χ0n) is 23.8. The fourth-order valence-electron chi connectivity index (χ4n) is 6.36. The Morgan fingerprint density at radius 3 is 2.37 bits per heavy atom. The third-order valence-corrected chi connectivity index (χ3v) is 8.82. The molecule has 4 N–H and O–H groups in total. The SMILES string of the molecule is C=CCNC(=O)C(=O)C(CC1CC1)NC(=O)[C@@H]1C=CCN1C(=O)C([C@H](CN)C(C)(C)C)C1(C)CCCCC1. The lowest BCUT2D eigenvalue weighted by Crippen LogP contribution is -2.57. The molecule has 8 heteroatoms. The molecule has 38 heavy (non-hydrogen) atoms. The van der Waals surface area contributed by atoms with Gasteiger partial charge in [0, 0.05) is 19.0 Å². The van der Waals surface area contributed by atoms with Crippen molar-refractivity contribution < 1.29 is 19.2 Å². The molecule has 0 radical (unpaired) electrons. The first-order valence-electron chi connectivity index (χ1n) is 14.3. The molecule has 3 rings (SSSR count). The van der Waals surface area contributed by atoms with Gasteiger partial charge in [0.2, 0.25) is 17.6 Å². The normalized spacial score (nSPS) is 23.3. The van der Waals surface area contributed by atoms with E-state index in [1.165, 1.54) is 12.5 Å². The van der Waals surface area contributed by atoms with Crippen LogP contribution in [0.5, 0.6) is 0 Å². The molecule has 0 aromatic carbocycles. The fraction of sp³-hybridized carbons (Fsp3) is 0.733. The molecular weight excluding hydrogens is 480 g/mol. The third kappa shape index (κ3) is 7.13. The molecule has 0 aromatic rings. The van der Waals surface area contributed by atoms with Crippen LogP contribution in [0.1, 0.15) is 79.1 Å². The van der Waals surface area contributed by atoms with Gasteiger partial charge in [-0.25, -0.2) is 0 Å². The van der Waals surface area contributed by atoms with Crippen molar-refractivity contribution >= 4 is 23.5 Å². The lowest BCUT2D eigenvalue weighted by molar-refractivity contribution is -0.150. The average Bonchev–Trinajstić information content (AvgIpc) is 3.55. The summed E-state index contributed by atoms with van der Waals surface area (Å²) in [6, 6.07) is -1.73. The molecule has 0 saturated heterocycles. The maximum absolute atomic E-state index is 14.4. The molecule has 2 fully saturated rings. The Morgan fingerprint density at radius 1 is 1.16 bits per heavy atom. The number of nitrogens with zero attached hydrogens (tertiary/aromatic N) is 1. The van der Waals surface area contributed by atoms with Crippen molar-refractivity contribution in [2.45, 2.75) is 91.1 Å². The molecule has 1 aliphatic heterocycles. The van der Waals surface area contributed by atoms with Gasteiger partial charge in [0.1, 0.15) is 6.04 Å². The van der Waals surface area contributed by atoms with E-state index < -0.39 is 29.7 Å². The molecule has 0 aromatic heterocycles. The van der Waals surface area contributed by atoms with Crippen molar-refractivity contribution in [1.29, 1.82) is 0 Å². The quantitative estimate of drug-likeness (QED) is 0.265. The molecule has 2 saturated carbocycles. The monoisotopic (exact) mass is 528 g/mol. The smallest absolute Gasteiger partial charge is 0.289 e. The first-order chi connectivity index (χ1) is 17.9. The van der Waals surface area contributed by atoms with E-state index in [4.69, 9.17) is 5.73 Å². The van der Waals surface area contributed by atoms with Gasteiger partial charge in [0.05, 0.1) is 6.04 Å². The molecule has 8 nitrogen and oxygen atoms in total. The van der Waals surface area contributed by atoms with Crippen molar-refractivity contribution in [3.63, 3.8) is 0 Å².